The summed E-state index contributed by atoms with van der Waals surface area (Å²) in [4.78, 5) is 15.3. The van der Waals surface area contributed by atoms with Gasteiger partial charge in [0.2, 0.25) is 0 Å². The van der Waals surface area contributed by atoms with Gasteiger partial charge in [-0.2, -0.15) is 0 Å². The molecule has 0 atom stereocenters. The second kappa shape index (κ2) is 3.81. The average molecular weight is 232 g/mol. The number of pyridine rings is 1. The molecule has 0 aliphatic heterocycles. The molecule has 0 amide bonds. The van der Waals surface area contributed by atoms with E-state index in [1.54, 1.807) is 12.1 Å². The smallest absolute Gasteiger partial charge is 0.354 e. The van der Waals surface area contributed by atoms with Crippen LogP contribution in [0.1, 0.15) is 29.2 Å². The number of carboxylic acid groups (broad SMARTS) is 1. The van der Waals surface area contributed by atoms with Crippen LogP contribution < -0.4 is 5.32 Å². The summed E-state index contributed by atoms with van der Waals surface area (Å²) in [6, 6.07) is 5.52. The maximum absolute atomic E-state index is 11.0. The van der Waals surface area contributed by atoms with Crippen LogP contribution in [0, 0.1) is 0 Å². The van der Waals surface area contributed by atoms with E-state index in [1.165, 1.54) is 23.4 Å². The number of nitrogens with zero attached hydrogens (tertiary/aromatic N) is 3. The molecule has 2 N–H and O–H groups in total. The molecule has 88 valence electrons. The van der Waals surface area contributed by atoms with Gasteiger partial charge in [0.25, 0.3) is 0 Å². The Bertz CT molecular complexity index is 574. The molecule has 0 spiro atoms. The Kier molecular flexibility index (Phi) is 2.29. The highest BCUT2D eigenvalue weighted by Gasteiger charge is 2.21. The van der Waals surface area contributed by atoms with E-state index < -0.39 is 5.97 Å². The van der Waals surface area contributed by atoms with Gasteiger partial charge in [-0.25, -0.2) is 14.3 Å². The number of hydrogen-bond donors (Lipinski definition) is 2. The maximum atomic E-state index is 11.0. The summed E-state index contributed by atoms with van der Waals surface area (Å²) in [7, 11) is 0. The Hall–Kier alpha value is -1.95. The Morgan fingerprint density at radius 3 is 3.06 bits per heavy atom. The zero-order chi connectivity index (χ0) is 11.8. The molecule has 1 aliphatic rings. The van der Waals surface area contributed by atoms with Crippen molar-refractivity contribution in [1.29, 1.82) is 0 Å². The Morgan fingerprint density at radius 2 is 2.35 bits per heavy atom. The summed E-state index contributed by atoms with van der Waals surface area (Å²) < 4.78 is 1.37. The van der Waals surface area contributed by atoms with Crippen molar-refractivity contribution in [2.75, 3.05) is 0 Å². The van der Waals surface area contributed by atoms with Crippen LogP contribution in [0.15, 0.2) is 18.2 Å². The molecule has 2 aromatic heterocycles. The first kappa shape index (κ1) is 10.2. The molecule has 6 heteroatoms. The normalized spacial score (nSPS) is 15.3. The quantitative estimate of drug-likeness (QED) is 0.810. The molecule has 2 heterocycles. The zero-order valence-corrected chi connectivity index (χ0v) is 9.13. The van der Waals surface area contributed by atoms with Crippen LogP contribution in [0.3, 0.4) is 0 Å². The summed E-state index contributed by atoms with van der Waals surface area (Å²) in [5.41, 5.74) is 0.699. The summed E-state index contributed by atoms with van der Waals surface area (Å²) >= 11 is 0. The van der Waals surface area contributed by atoms with E-state index in [9.17, 15) is 4.79 Å². The van der Waals surface area contributed by atoms with Gasteiger partial charge in [0, 0.05) is 6.04 Å². The van der Waals surface area contributed by atoms with Crippen molar-refractivity contribution in [3.8, 4) is 0 Å². The molecule has 0 bridgehead atoms. The van der Waals surface area contributed by atoms with Gasteiger partial charge in [-0.1, -0.05) is 6.07 Å². The van der Waals surface area contributed by atoms with E-state index >= 15 is 0 Å². The number of fused-ring (bicyclic) bond motifs is 1. The molecular weight excluding hydrogens is 220 g/mol. The maximum Gasteiger partial charge on any atom is 0.354 e. The minimum absolute atomic E-state index is 0.132. The second-order valence-corrected chi connectivity index (χ2v) is 4.17. The molecule has 1 fully saturated rings. The highest BCUT2D eigenvalue weighted by molar-refractivity contribution is 5.86. The third-order valence-corrected chi connectivity index (χ3v) is 2.75. The fourth-order valence-electron chi connectivity index (χ4n) is 1.71. The lowest BCUT2D eigenvalue weighted by atomic mass is 10.3. The fourth-order valence-corrected chi connectivity index (χ4v) is 1.71. The number of aromatic carboxylic acids is 1. The number of hydrogen-bond acceptors (Lipinski definition) is 4. The average Bonchev–Trinajstić information content (AvgIpc) is 3.04. The number of carboxylic acids is 1. The predicted octanol–water partition coefficient (Wildman–Crippen LogP) is 0.679. The first-order valence-electron chi connectivity index (χ1n) is 5.55. The van der Waals surface area contributed by atoms with Gasteiger partial charge in [0.05, 0.1) is 6.54 Å². The molecule has 0 unspecified atom stereocenters. The molecule has 0 saturated heterocycles. The second-order valence-electron chi connectivity index (χ2n) is 4.17. The summed E-state index contributed by atoms with van der Waals surface area (Å²) in [5, 5.41) is 16.5. The third kappa shape index (κ3) is 1.99. The molecule has 2 aromatic rings. The summed E-state index contributed by atoms with van der Waals surface area (Å²) in [6.45, 7) is 0.589. The van der Waals surface area contributed by atoms with Crippen molar-refractivity contribution in [2.24, 2.45) is 0 Å². The zero-order valence-electron chi connectivity index (χ0n) is 9.13. The van der Waals surface area contributed by atoms with E-state index in [0.29, 0.717) is 24.1 Å². The van der Waals surface area contributed by atoms with E-state index in [-0.39, 0.29) is 5.69 Å². The molecule has 17 heavy (non-hydrogen) atoms. The topological polar surface area (TPSA) is 79.5 Å². The minimum atomic E-state index is -0.998. The standard InChI is InChI=1S/C11H12N4O2/c16-11(17)8-2-1-3-10-13-9(14-15(8)10)6-12-7-4-5-7/h1-3,7,12H,4-6H2,(H,16,17). The first-order chi connectivity index (χ1) is 8.24. The SMILES string of the molecule is O=C(O)c1cccc2nc(CNC3CC3)nn12. The van der Waals surface area contributed by atoms with Gasteiger partial charge >= 0.3 is 5.97 Å². The molecular formula is C11H12N4O2. The van der Waals surface area contributed by atoms with Crippen molar-refractivity contribution in [2.45, 2.75) is 25.4 Å². The van der Waals surface area contributed by atoms with E-state index in [1.807, 2.05) is 0 Å². The number of nitrogens with one attached hydrogen (secondary N) is 1. The first-order valence-corrected chi connectivity index (χ1v) is 5.55. The van der Waals surface area contributed by atoms with Gasteiger partial charge in [0.15, 0.2) is 17.2 Å². The number of rotatable bonds is 4. The van der Waals surface area contributed by atoms with Crippen LogP contribution in [0.2, 0.25) is 0 Å². The lowest BCUT2D eigenvalue weighted by Gasteiger charge is -1.97. The number of carbonyl (C=O) groups is 1. The largest absolute Gasteiger partial charge is 0.477 e. The van der Waals surface area contributed by atoms with Gasteiger partial charge in [-0.05, 0) is 25.0 Å². The third-order valence-electron chi connectivity index (χ3n) is 2.75. The number of aromatic nitrogens is 3. The van der Waals surface area contributed by atoms with Crippen molar-refractivity contribution in [1.82, 2.24) is 19.9 Å². The van der Waals surface area contributed by atoms with Crippen LogP contribution in [0.25, 0.3) is 5.65 Å². The Morgan fingerprint density at radius 1 is 1.53 bits per heavy atom. The molecule has 0 radical (unpaired) electrons. The monoisotopic (exact) mass is 232 g/mol. The molecule has 6 nitrogen and oxygen atoms in total. The Balaban J connectivity index is 1.93. The van der Waals surface area contributed by atoms with E-state index in [2.05, 4.69) is 15.4 Å². The van der Waals surface area contributed by atoms with Crippen LogP contribution >= 0.6 is 0 Å². The van der Waals surface area contributed by atoms with Crippen molar-refractivity contribution in [3.63, 3.8) is 0 Å². The molecule has 3 rings (SSSR count). The highest BCUT2D eigenvalue weighted by atomic mass is 16.4. The summed E-state index contributed by atoms with van der Waals surface area (Å²) in [6.07, 6.45) is 2.40. The lowest BCUT2D eigenvalue weighted by Crippen LogP contribution is -2.16. The van der Waals surface area contributed by atoms with Gasteiger partial charge in [-0.3, -0.25) is 0 Å². The van der Waals surface area contributed by atoms with Crippen molar-refractivity contribution in [3.05, 3.63) is 29.7 Å². The Labute approximate surface area is 97.3 Å². The fraction of sp³-hybridized carbons (Fsp3) is 0.364. The van der Waals surface area contributed by atoms with Crippen LogP contribution in [0.4, 0.5) is 0 Å². The summed E-state index contributed by atoms with van der Waals surface area (Å²) in [5.74, 6) is -0.368. The minimum Gasteiger partial charge on any atom is -0.477 e. The van der Waals surface area contributed by atoms with Crippen LogP contribution in [-0.2, 0) is 6.54 Å². The van der Waals surface area contributed by atoms with E-state index in [0.717, 1.165) is 0 Å². The van der Waals surface area contributed by atoms with Gasteiger partial charge in [0.1, 0.15) is 0 Å². The molecule has 1 saturated carbocycles. The predicted molar refractivity (Wildman–Crippen MR) is 59.8 cm³/mol. The van der Waals surface area contributed by atoms with Crippen molar-refractivity contribution >= 4 is 11.6 Å². The molecule has 0 aromatic carbocycles. The van der Waals surface area contributed by atoms with Crippen LogP contribution in [0.5, 0.6) is 0 Å². The van der Waals surface area contributed by atoms with Crippen molar-refractivity contribution < 1.29 is 9.90 Å². The van der Waals surface area contributed by atoms with Gasteiger partial charge < -0.3 is 10.4 Å². The molecule has 1 aliphatic carbocycles. The van der Waals surface area contributed by atoms with Gasteiger partial charge in [-0.15, -0.1) is 5.10 Å². The lowest BCUT2D eigenvalue weighted by molar-refractivity contribution is 0.0687. The highest BCUT2D eigenvalue weighted by Crippen LogP contribution is 2.19. The van der Waals surface area contributed by atoms with E-state index in [4.69, 9.17) is 5.11 Å². The van der Waals surface area contributed by atoms with Crippen LogP contribution in [-0.4, -0.2) is 31.7 Å².